The van der Waals surface area contributed by atoms with Gasteiger partial charge in [0, 0.05) is 10.3 Å². The summed E-state index contributed by atoms with van der Waals surface area (Å²) in [5, 5.41) is 10.6. The highest BCUT2D eigenvalue weighted by molar-refractivity contribution is 7.99. The van der Waals surface area contributed by atoms with Crippen molar-refractivity contribution in [3.63, 3.8) is 0 Å². The minimum absolute atomic E-state index is 0.219. The van der Waals surface area contributed by atoms with Gasteiger partial charge in [0.15, 0.2) is 5.06 Å². The van der Waals surface area contributed by atoms with Gasteiger partial charge in [0.1, 0.15) is 0 Å². The van der Waals surface area contributed by atoms with Crippen LogP contribution in [-0.2, 0) is 0 Å². The topological polar surface area (TPSA) is 46.2 Å². The van der Waals surface area contributed by atoms with Gasteiger partial charge < -0.3 is 10.8 Å². The fourth-order valence-electron chi connectivity index (χ4n) is 1.26. The van der Waals surface area contributed by atoms with Crippen molar-refractivity contribution in [3.8, 4) is 5.06 Å². The van der Waals surface area contributed by atoms with E-state index in [1.54, 1.807) is 11.8 Å². The summed E-state index contributed by atoms with van der Waals surface area (Å²) >= 11 is 3.00. The number of thioether (sulfide) groups is 1. The number of nitrogen functional groups attached to an aromatic ring is 1. The molecule has 2 nitrogen and oxygen atoms in total. The maximum Gasteiger partial charge on any atom is 0.196 e. The first-order valence-corrected chi connectivity index (χ1v) is 5.82. The minimum atomic E-state index is 0.219. The second-order valence-corrected chi connectivity index (χ2v) is 4.50. The van der Waals surface area contributed by atoms with Crippen LogP contribution in [0.25, 0.3) is 10.1 Å². The molecule has 0 fully saturated rings. The zero-order valence-electron chi connectivity index (χ0n) is 7.07. The van der Waals surface area contributed by atoms with E-state index >= 15 is 0 Å². The average Bonchev–Trinajstić information content (AvgIpc) is 2.43. The van der Waals surface area contributed by atoms with Crippen LogP contribution in [0, 0.1) is 0 Å². The monoisotopic (exact) mass is 211 g/mol. The van der Waals surface area contributed by atoms with Crippen molar-refractivity contribution in [2.24, 2.45) is 0 Å². The molecule has 0 amide bonds. The Balaban J connectivity index is 2.84. The van der Waals surface area contributed by atoms with Gasteiger partial charge in [-0.25, -0.2) is 0 Å². The molecule has 0 aliphatic carbocycles. The Morgan fingerprint density at radius 3 is 2.92 bits per heavy atom. The third-order valence-corrected chi connectivity index (χ3v) is 3.88. The zero-order valence-corrected chi connectivity index (χ0v) is 8.71. The van der Waals surface area contributed by atoms with Crippen molar-refractivity contribution in [1.29, 1.82) is 0 Å². The molecule has 2 rings (SSSR count). The summed E-state index contributed by atoms with van der Waals surface area (Å²) in [4.78, 5) is 1.16. The maximum atomic E-state index is 9.45. The van der Waals surface area contributed by atoms with Crippen LogP contribution >= 0.6 is 23.1 Å². The highest BCUT2D eigenvalue weighted by Gasteiger charge is 2.10. The molecule has 0 unspecified atom stereocenters. The van der Waals surface area contributed by atoms with Crippen molar-refractivity contribution in [2.45, 2.75) is 4.90 Å². The first kappa shape index (κ1) is 8.72. The second kappa shape index (κ2) is 3.12. The molecule has 4 heteroatoms. The number of rotatable bonds is 1. The predicted octanol–water partition coefficient (Wildman–Crippen LogP) is 2.91. The molecule has 2 aromatic rings. The van der Waals surface area contributed by atoms with E-state index in [1.807, 2.05) is 24.5 Å². The van der Waals surface area contributed by atoms with E-state index < -0.39 is 0 Å². The van der Waals surface area contributed by atoms with Crippen LogP contribution in [0.1, 0.15) is 0 Å². The lowest BCUT2D eigenvalue weighted by molar-refractivity contribution is 0.493. The van der Waals surface area contributed by atoms with Gasteiger partial charge in [-0.1, -0.05) is 23.5 Å². The minimum Gasteiger partial charge on any atom is -0.498 e. The largest absolute Gasteiger partial charge is 0.498 e. The van der Waals surface area contributed by atoms with Gasteiger partial charge in [-0.3, -0.25) is 0 Å². The predicted molar refractivity (Wildman–Crippen MR) is 59.7 cm³/mol. The van der Waals surface area contributed by atoms with E-state index in [1.165, 1.54) is 11.3 Å². The number of fused-ring (bicyclic) bond motifs is 1. The van der Waals surface area contributed by atoms with Crippen LogP contribution in [0.4, 0.5) is 5.69 Å². The molecule has 0 saturated heterocycles. The van der Waals surface area contributed by atoms with E-state index in [0.29, 0.717) is 5.69 Å². The zero-order chi connectivity index (χ0) is 9.42. The van der Waals surface area contributed by atoms with E-state index in [4.69, 9.17) is 5.73 Å². The van der Waals surface area contributed by atoms with Crippen molar-refractivity contribution in [2.75, 3.05) is 12.0 Å². The number of nitrogens with two attached hydrogens (primary N) is 1. The van der Waals surface area contributed by atoms with Crippen LogP contribution < -0.4 is 5.73 Å². The molecular formula is C9H9NOS2. The van der Waals surface area contributed by atoms with Crippen LogP contribution in [0.3, 0.4) is 0 Å². The SMILES string of the molecule is CSc1cccc2c(N)c(O)sc12. The third-order valence-electron chi connectivity index (χ3n) is 1.92. The average molecular weight is 211 g/mol. The van der Waals surface area contributed by atoms with Gasteiger partial charge in [-0.2, -0.15) is 0 Å². The Morgan fingerprint density at radius 1 is 1.46 bits per heavy atom. The molecule has 0 saturated carbocycles. The van der Waals surface area contributed by atoms with E-state index in [-0.39, 0.29) is 5.06 Å². The second-order valence-electron chi connectivity index (χ2n) is 2.66. The summed E-state index contributed by atoms with van der Waals surface area (Å²) in [5.74, 6) is 0. The molecule has 13 heavy (non-hydrogen) atoms. The molecule has 0 aliphatic rings. The lowest BCUT2D eigenvalue weighted by Crippen LogP contribution is -1.81. The number of hydrogen-bond donors (Lipinski definition) is 2. The highest BCUT2D eigenvalue weighted by Crippen LogP contribution is 2.42. The standard InChI is InChI=1S/C9H9NOS2/c1-12-6-4-2-3-5-7(10)9(11)13-8(5)6/h2-4,11H,10H2,1H3. The number of anilines is 1. The van der Waals surface area contributed by atoms with Crippen molar-refractivity contribution >= 4 is 38.9 Å². The normalized spacial score (nSPS) is 10.8. The Bertz CT molecular complexity index is 450. The van der Waals surface area contributed by atoms with Crippen molar-refractivity contribution < 1.29 is 5.11 Å². The Morgan fingerprint density at radius 2 is 2.23 bits per heavy atom. The van der Waals surface area contributed by atoms with Crippen LogP contribution in [0.5, 0.6) is 5.06 Å². The molecule has 68 valence electrons. The fourth-order valence-corrected chi connectivity index (χ4v) is 3.02. The molecule has 0 atom stereocenters. The molecule has 0 aliphatic heterocycles. The first-order valence-electron chi connectivity index (χ1n) is 3.78. The van der Waals surface area contributed by atoms with Gasteiger partial charge >= 0.3 is 0 Å². The van der Waals surface area contributed by atoms with Gasteiger partial charge in [-0.05, 0) is 12.3 Å². The number of hydrogen-bond acceptors (Lipinski definition) is 4. The van der Waals surface area contributed by atoms with E-state index in [2.05, 4.69) is 0 Å². The third kappa shape index (κ3) is 1.26. The molecule has 0 spiro atoms. The molecule has 1 aromatic heterocycles. The lowest BCUT2D eigenvalue weighted by atomic mass is 10.2. The van der Waals surface area contributed by atoms with Gasteiger partial charge in [-0.15, -0.1) is 11.8 Å². The summed E-state index contributed by atoms with van der Waals surface area (Å²) in [7, 11) is 0. The Labute approximate surface area is 84.4 Å². The fraction of sp³-hybridized carbons (Fsp3) is 0.111. The quantitative estimate of drug-likeness (QED) is 0.713. The van der Waals surface area contributed by atoms with Crippen LogP contribution in [0.15, 0.2) is 23.1 Å². The van der Waals surface area contributed by atoms with Gasteiger partial charge in [0.2, 0.25) is 0 Å². The van der Waals surface area contributed by atoms with E-state index in [9.17, 15) is 5.11 Å². The molecule has 3 N–H and O–H groups in total. The number of benzene rings is 1. The summed E-state index contributed by atoms with van der Waals surface area (Å²) in [5.41, 5.74) is 6.21. The molecule has 1 heterocycles. The van der Waals surface area contributed by atoms with Crippen molar-refractivity contribution in [3.05, 3.63) is 18.2 Å². The summed E-state index contributed by atoms with van der Waals surface area (Å²) in [6, 6.07) is 5.92. The summed E-state index contributed by atoms with van der Waals surface area (Å²) < 4.78 is 1.07. The maximum absolute atomic E-state index is 9.45. The molecule has 0 radical (unpaired) electrons. The highest BCUT2D eigenvalue weighted by atomic mass is 32.2. The van der Waals surface area contributed by atoms with Gasteiger partial charge in [0.25, 0.3) is 0 Å². The van der Waals surface area contributed by atoms with Gasteiger partial charge in [0.05, 0.1) is 10.4 Å². The molecule has 1 aromatic carbocycles. The van der Waals surface area contributed by atoms with Crippen LogP contribution in [0.2, 0.25) is 0 Å². The Hall–Kier alpha value is -0.870. The van der Waals surface area contributed by atoms with E-state index in [0.717, 1.165) is 15.0 Å². The first-order chi connectivity index (χ1) is 6.24. The molecule has 0 bridgehead atoms. The Kier molecular flexibility index (Phi) is 2.09. The number of aromatic hydroxyl groups is 1. The lowest BCUT2D eigenvalue weighted by Gasteiger charge is -1.96. The molecular weight excluding hydrogens is 202 g/mol. The summed E-state index contributed by atoms with van der Waals surface area (Å²) in [6.45, 7) is 0. The van der Waals surface area contributed by atoms with Crippen LogP contribution in [-0.4, -0.2) is 11.4 Å². The number of thiophene rings is 1. The van der Waals surface area contributed by atoms with Crippen molar-refractivity contribution in [1.82, 2.24) is 0 Å². The summed E-state index contributed by atoms with van der Waals surface area (Å²) in [6.07, 6.45) is 2.02. The smallest absolute Gasteiger partial charge is 0.196 e.